The first-order valence-corrected chi connectivity index (χ1v) is 8.16. The molecule has 1 aromatic carbocycles. The van der Waals surface area contributed by atoms with Crippen LogP contribution in [0.4, 0.5) is 8.78 Å². The van der Waals surface area contributed by atoms with E-state index in [4.69, 9.17) is 0 Å². The minimum Gasteiger partial charge on any atom is -0.316 e. The Kier molecular flexibility index (Phi) is 4.20. The van der Waals surface area contributed by atoms with Crippen LogP contribution in [0, 0.1) is 17.6 Å². The molecule has 1 saturated heterocycles. The molecule has 1 fully saturated rings. The predicted molar refractivity (Wildman–Crippen MR) is 68.8 cm³/mol. The Bertz CT molecular complexity index is 566. The van der Waals surface area contributed by atoms with Gasteiger partial charge in [0.25, 0.3) is 0 Å². The summed E-state index contributed by atoms with van der Waals surface area (Å²) in [4.78, 5) is -0.162. The summed E-state index contributed by atoms with van der Waals surface area (Å²) in [6.45, 7) is 1.70. The van der Waals surface area contributed by atoms with Crippen molar-refractivity contribution in [1.29, 1.82) is 0 Å². The molecule has 6 heteroatoms. The standard InChI is InChI=1S/C13H17F2NO2S/c1-19(17,18)11-6-10(13(15)12(14)7-11)5-9-3-2-4-16-8-9/h6-7,9,16H,2-5,8H2,1H3. The molecular weight excluding hydrogens is 272 g/mol. The molecule has 106 valence electrons. The van der Waals surface area contributed by atoms with Crippen LogP contribution in [0.1, 0.15) is 18.4 Å². The largest absolute Gasteiger partial charge is 0.316 e. The maximum absolute atomic E-state index is 13.7. The SMILES string of the molecule is CS(=O)(=O)c1cc(F)c(F)c(CC2CCCNC2)c1. The first-order valence-electron chi connectivity index (χ1n) is 6.26. The minimum absolute atomic E-state index is 0.147. The second kappa shape index (κ2) is 5.54. The summed E-state index contributed by atoms with van der Waals surface area (Å²) in [5.41, 5.74) is 0.147. The maximum atomic E-state index is 13.7. The molecule has 1 aliphatic heterocycles. The minimum atomic E-state index is -3.53. The topological polar surface area (TPSA) is 46.2 Å². The van der Waals surface area contributed by atoms with Crippen molar-refractivity contribution in [3.05, 3.63) is 29.3 Å². The molecule has 0 aliphatic carbocycles. The van der Waals surface area contributed by atoms with Gasteiger partial charge in [-0.15, -0.1) is 0 Å². The van der Waals surface area contributed by atoms with Crippen molar-refractivity contribution >= 4 is 9.84 Å². The fraction of sp³-hybridized carbons (Fsp3) is 0.538. The van der Waals surface area contributed by atoms with Gasteiger partial charge in [-0.2, -0.15) is 0 Å². The highest BCUT2D eigenvalue weighted by Gasteiger charge is 2.20. The average Bonchev–Trinajstić information content (AvgIpc) is 2.34. The van der Waals surface area contributed by atoms with Crippen LogP contribution in [0.5, 0.6) is 0 Å². The molecule has 2 rings (SSSR count). The second-order valence-corrected chi connectivity index (χ2v) is 7.08. The molecule has 19 heavy (non-hydrogen) atoms. The Hall–Kier alpha value is -1.01. The molecule has 0 spiro atoms. The lowest BCUT2D eigenvalue weighted by atomic mass is 9.92. The third kappa shape index (κ3) is 3.51. The zero-order valence-electron chi connectivity index (χ0n) is 10.7. The van der Waals surface area contributed by atoms with Gasteiger partial charge in [0.2, 0.25) is 0 Å². The number of hydrogen-bond acceptors (Lipinski definition) is 3. The number of hydrogen-bond donors (Lipinski definition) is 1. The van der Waals surface area contributed by atoms with Crippen molar-refractivity contribution in [2.75, 3.05) is 19.3 Å². The Labute approximate surface area is 111 Å². The number of halogens is 2. The van der Waals surface area contributed by atoms with E-state index in [1.165, 1.54) is 6.07 Å². The zero-order valence-corrected chi connectivity index (χ0v) is 11.6. The van der Waals surface area contributed by atoms with Crippen LogP contribution in [-0.2, 0) is 16.3 Å². The van der Waals surface area contributed by atoms with Crippen LogP contribution in [0.15, 0.2) is 17.0 Å². The van der Waals surface area contributed by atoms with E-state index in [0.29, 0.717) is 6.42 Å². The fourth-order valence-corrected chi connectivity index (χ4v) is 3.06. The van der Waals surface area contributed by atoms with Crippen molar-refractivity contribution in [2.24, 2.45) is 5.92 Å². The van der Waals surface area contributed by atoms with Gasteiger partial charge in [0.05, 0.1) is 4.90 Å². The molecule has 1 heterocycles. The fourth-order valence-electron chi connectivity index (χ4n) is 2.39. The first kappa shape index (κ1) is 14.4. The van der Waals surface area contributed by atoms with Gasteiger partial charge in [-0.3, -0.25) is 0 Å². The van der Waals surface area contributed by atoms with Gasteiger partial charge in [0.1, 0.15) is 0 Å². The lowest BCUT2D eigenvalue weighted by molar-refractivity contribution is 0.369. The van der Waals surface area contributed by atoms with Crippen molar-refractivity contribution in [3.8, 4) is 0 Å². The van der Waals surface area contributed by atoms with Gasteiger partial charge in [-0.05, 0) is 56.0 Å². The monoisotopic (exact) mass is 289 g/mol. The van der Waals surface area contributed by atoms with Gasteiger partial charge in [0.15, 0.2) is 21.5 Å². The summed E-state index contributed by atoms with van der Waals surface area (Å²) < 4.78 is 50.1. The van der Waals surface area contributed by atoms with E-state index in [9.17, 15) is 17.2 Å². The van der Waals surface area contributed by atoms with Gasteiger partial charge >= 0.3 is 0 Å². The molecule has 1 atom stereocenters. The molecule has 0 bridgehead atoms. The molecule has 0 saturated carbocycles. The quantitative estimate of drug-likeness (QED) is 0.865. The summed E-state index contributed by atoms with van der Waals surface area (Å²) in [6.07, 6.45) is 3.29. The predicted octanol–water partition coefficient (Wildman–Crippen LogP) is 1.91. The lowest BCUT2D eigenvalue weighted by Gasteiger charge is -2.23. The van der Waals surface area contributed by atoms with Gasteiger partial charge in [0, 0.05) is 6.26 Å². The van der Waals surface area contributed by atoms with Gasteiger partial charge < -0.3 is 5.32 Å². The summed E-state index contributed by atoms with van der Waals surface area (Å²) in [6, 6.07) is 2.00. The summed E-state index contributed by atoms with van der Waals surface area (Å²) >= 11 is 0. The summed E-state index contributed by atoms with van der Waals surface area (Å²) in [5, 5.41) is 3.20. The highest BCUT2D eigenvalue weighted by molar-refractivity contribution is 7.90. The molecule has 0 amide bonds. The third-order valence-electron chi connectivity index (χ3n) is 3.41. The zero-order chi connectivity index (χ0) is 14.0. The molecule has 3 nitrogen and oxygen atoms in total. The smallest absolute Gasteiger partial charge is 0.175 e. The molecule has 1 aliphatic rings. The van der Waals surface area contributed by atoms with E-state index in [0.717, 1.165) is 38.3 Å². The van der Waals surface area contributed by atoms with Crippen molar-refractivity contribution in [1.82, 2.24) is 5.32 Å². The van der Waals surface area contributed by atoms with Crippen molar-refractivity contribution < 1.29 is 17.2 Å². The normalized spacial score (nSPS) is 20.5. The number of sulfone groups is 1. The van der Waals surface area contributed by atoms with Crippen LogP contribution < -0.4 is 5.32 Å². The number of rotatable bonds is 3. The Morgan fingerprint density at radius 1 is 1.37 bits per heavy atom. The van der Waals surface area contributed by atoms with Crippen LogP contribution in [-0.4, -0.2) is 27.8 Å². The lowest BCUT2D eigenvalue weighted by Crippen LogP contribution is -2.31. The highest BCUT2D eigenvalue weighted by atomic mass is 32.2. The Morgan fingerprint density at radius 3 is 2.68 bits per heavy atom. The van der Waals surface area contributed by atoms with Crippen LogP contribution >= 0.6 is 0 Å². The van der Waals surface area contributed by atoms with Crippen molar-refractivity contribution in [2.45, 2.75) is 24.2 Å². The first-order chi connectivity index (χ1) is 8.88. The molecule has 1 aromatic rings. The molecular formula is C13H17F2NO2S. The van der Waals surface area contributed by atoms with E-state index in [1.807, 2.05) is 0 Å². The van der Waals surface area contributed by atoms with Crippen LogP contribution in [0.2, 0.25) is 0 Å². The second-order valence-electron chi connectivity index (χ2n) is 5.07. The van der Waals surface area contributed by atoms with Crippen LogP contribution in [0.25, 0.3) is 0 Å². The van der Waals surface area contributed by atoms with Gasteiger partial charge in [-0.25, -0.2) is 17.2 Å². The number of nitrogens with one attached hydrogen (secondary N) is 1. The van der Waals surface area contributed by atoms with E-state index in [-0.39, 0.29) is 16.4 Å². The third-order valence-corrected chi connectivity index (χ3v) is 4.50. The number of benzene rings is 1. The van der Waals surface area contributed by atoms with Crippen LogP contribution in [0.3, 0.4) is 0 Å². The van der Waals surface area contributed by atoms with E-state index in [1.54, 1.807) is 0 Å². The Morgan fingerprint density at radius 2 is 2.11 bits per heavy atom. The summed E-state index contributed by atoms with van der Waals surface area (Å²) in [7, 11) is -3.53. The molecule has 0 radical (unpaired) electrons. The molecule has 1 unspecified atom stereocenters. The van der Waals surface area contributed by atoms with E-state index < -0.39 is 21.5 Å². The maximum Gasteiger partial charge on any atom is 0.175 e. The average molecular weight is 289 g/mol. The van der Waals surface area contributed by atoms with Gasteiger partial charge in [-0.1, -0.05) is 0 Å². The van der Waals surface area contributed by atoms with E-state index >= 15 is 0 Å². The molecule has 1 N–H and O–H groups in total. The Balaban J connectivity index is 2.30. The highest BCUT2D eigenvalue weighted by Crippen LogP contribution is 2.23. The molecule has 0 aromatic heterocycles. The van der Waals surface area contributed by atoms with Crippen molar-refractivity contribution in [3.63, 3.8) is 0 Å². The van der Waals surface area contributed by atoms with E-state index in [2.05, 4.69) is 5.32 Å². The number of piperidine rings is 1. The summed E-state index contributed by atoms with van der Waals surface area (Å²) in [5.74, 6) is -1.81.